The predicted molar refractivity (Wildman–Crippen MR) is 127 cm³/mol. The minimum atomic E-state index is -0.886. The van der Waals surface area contributed by atoms with E-state index in [1.807, 2.05) is 57.2 Å². The number of methoxy groups -OCH3 is 1. The van der Waals surface area contributed by atoms with Crippen LogP contribution in [0.5, 0.6) is 5.75 Å². The molecule has 4 aromatic rings. The second-order valence-electron chi connectivity index (χ2n) is 8.23. The zero-order valence-electron chi connectivity index (χ0n) is 19.5. The highest BCUT2D eigenvalue weighted by atomic mass is 16.5. The summed E-state index contributed by atoms with van der Waals surface area (Å²) in [6, 6.07) is 10.4. The van der Waals surface area contributed by atoms with Crippen molar-refractivity contribution in [3.63, 3.8) is 0 Å². The maximum absolute atomic E-state index is 13.2. The number of aromatic nitrogens is 3. The first-order valence-corrected chi connectivity index (χ1v) is 10.6. The number of benzene rings is 2. The lowest BCUT2D eigenvalue weighted by Gasteiger charge is -2.18. The molecular weight excluding hydrogens is 420 g/mol. The van der Waals surface area contributed by atoms with Gasteiger partial charge in [-0.25, -0.2) is 4.68 Å². The zero-order valence-corrected chi connectivity index (χ0v) is 19.5. The van der Waals surface area contributed by atoms with Crippen molar-refractivity contribution < 1.29 is 14.1 Å². The van der Waals surface area contributed by atoms with E-state index in [2.05, 4.69) is 15.6 Å². The second-order valence-corrected chi connectivity index (χ2v) is 8.23. The Bertz CT molecular complexity index is 1410. The molecule has 0 saturated heterocycles. The molecule has 0 radical (unpaired) electrons. The van der Waals surface area contributed by atoms with Crippen LogP contribution in [-0.4, -0.2) is 28.0 Å². The second kappa shape index (κ2) is 8.54. The number of hydrogen-bond acceptors (Lipinski definition) is 6. The summed E-state index contributed by atoms with van der Waals surface area (Å²) in [5.74, 6) is 0.767. The molecule has 8 heteroatoms. The summed E-state index contributed by atoms with van der Waals surface area (Å²) in [6.07, 6.45) is 0. The van der Waals surface area contributed by atoms with Crippen molar-refractivity contribution in [2.45, 2.75) is 40.7 Å². The first-order chi connectivity index (χ1) is 15.7. The first kappa shape index (κ1) is 22.3. The molecule has 2 aromatic heterocycles. The Hall–Kier alpha value is -3.94. The molecule has 0 aliphatic rings. The third kappa shape index (κ3) is 4.00. The molecule has 0 spiro atoms. The Morgan fingerprint density at radius 3 is 2.48 bits per heavy atom. The normalized spacial score (nSPS) is 12.1. The van der Waals surface area contributed by atoms with Crippen LogP contribution in [0.15, 0.2) is 45.7 Å². The Morgan fingerprint density at radius 2 is 1.82 bits per heavy atom. The van der Waals surface area contributed by atoms with Crippen molar-refractivity contribution in [3.05, 3.63) is 69.2 Å². The van der Waals surface area contributed by atoms with E-state index in [9.17, 15) is 9.59 Å². The van der Waals surface area contributed by atoms with Gasteiger partial charge in [0.25, 0.3) is 5.56 Å². The number of nitrogens with one attached hydrogen (secondary N) is 1. The minimum Gasteiger partial charge on any atom is -0.497 e. The Morgan fingerprint density at radius 1 is 1.12 bits per heavy atom. The van der Waals surface area contributed by atoms with Crippen molar-refractivity contribution in [1.82, 2.24) is 14.9 Å². The molecule has 0 aliphatic carbocycles. The Labute approximate surface area is 191 Å². The predicted octanol–water partition coefficient (Wildman–Crippen LogP) is 4.49. The SMILES string of the molecule is COc1cccc(-c2nn([C@H](C)C(=O)Nc3c(C)cc(C)cc3C)c(=O)c3noc(C)c23)c1. The van der Waals surface area contributed by atoms with Gasteiger partial charge in [-0.3, -0.25) is 9.59 Å². The zero-order chi connectivity index (χ0) is 23.9. The van der Waals surface area contributed by atoms with E-state index in [4.69, 9.17) is 9.26 Å². The monoisotopic (exact) mass is 446 g/mol. The van der Waals surface area contributed by atoms with Crippen molar-refractivity contribution >= 4 is 22.5 Å². The molecule has 0 aliphatic heterocycles. The Kier molecular flexibility index (Phi) is 5.76. The molecule has 33 heavy (non-hydrogen) atoms. The third-order valence-corrected chi connectivity index (χ3v) is 5.73. The van der Waals surface area contributed by atoms with Gasteiger partial charge in [-0.05, 0) is 57.9 Å². The van der Waals surface area contributed by atoms with Gasteiger partial charge >= 0.3 is 0 Å². The summed E-state index contributed by atoms with van der Waals surface area (Å²) < 4.78 is 11.8. The van der Waals surface area contributed by atoms with Crippen LogP contribution in [0.1, 0.15) is 35.4 Å². The van der Waals surface area contributed by atoms with E-state index in [0.29, 0.717) is 22.6 Å². The largest absolute Gasteiger partial charge is 0.497 e. The highest BCUT2D eigenvalue weighted by Crippen LogP contribution is 2.30. The van der Waals surface area contributed by atoms with Crippen LogP contribution >= 0.6 is 0 Å². The average molecular weight is 447 g/mol. The molecule has 0 bridgehead atoms. The smallest absolute Gasteiger partial charge is 0.297 e. The summed E-state index contributed by atoms with van der Waals surface area (Å²) in [5.41, 5.74) is 4.60. The summed E-state index contributed by atoms with van der Waals surface area (Å²) in [4.78, 5) is 26.4. The quantitative estimate of drug-likeness (QED) is 0.485. The lowest BCUT2D eigenvalue weighted by atomic mass is 10.0. The Balaban J connectivity index is 1.82. The van der Waals surface area contributed by atoms with Gasteiger partial charge in [0.15, 0.2) is 5.52 Å². The van der Waals surface area contributed by atoms with Gasteiger partial charge in [0.2, 0.25) is 5.91 Å². The number of carbonyl (C=O) groups is 1. The van der Waals surface area contributed by atoms with Crippen LogP contribution in [-0.2, 0) is 4.79 Å². The maximum Gasteiger partial charge on any atom is 0.297 e. The molecule has 170 valence electrons. The van der Waals surface area contributed by atoms with Crippen LogP contribution < -0.4 is 15.6 Å². The van der Waals surface area contributed by atoms with Crippen molar-refractivity contribution in [3.8, 4) is 17.0 Å². The number of hydrogen-bond donors (Lipinski definition) is 1. The molecule has 0 unspecified atom stereocenters. The summed E-state index contributed by atoms with van der Waals surface area (Å²) in [5, 5.41) is 12.0. The first-order valence-electron chi connectivity index (χ1n) is 10.6. The molecule has 2 heterocycles. The van der Waals surface area contributed by atoms with Crippen molar-refractivity contribution in [2.75, 3.05) is 12.4 Å². The van der Waals surface area contributed by atoms with Gasteiger partial charge in [0, 0.05) is 11.3 Å². The maximum atomic E-state index is 13.2. The van der Waals surface area contributed by atoms with E-state index < -0.39 is 11.6 Å². The lowest BCUT2D eigenvalue weighted by Crippen LogP contribution is -2.34. The molecule has 0 fully saturated rings. The van der Waals surface area contributed by atoms with Gasteiger partial charge in [0.1, 0.15) is 23.2 Å². The molecule has 2 aromatic carbocycles. The number of rotatable bonds is 5. The van der Waals surface area contributed by atoms with E-state index >= 15 is 0 Å². The number of amides is 1. The van der Waals surface area contributed by atoms with Gasteiger partial charge in [-0.1, -0.05) is 35.0 Å². The van der Waals surface area contributed by atoms with Crippen LogP contribution in [0, 0.1) is 27.7 Å². The van der Waals surface area contributed by atoms with Gasteiger partial charge in [0.05, 0.1) is 12.5 Å². The minimum absolute atomic E-state index is 0.127. The van der Waals surface area contributed by atoms with E-state index in [1.54, 1.807) is 21.0 Å². The van der Waals surface area contributed by atoms with Crippen LogP contribution in [0.2, 0.25) is 0 Å². The van der Waals surface area contributed by atoms with Crippen LogP contribution in [0.3, 0.4) is 0 Å². The fourth-order valence-electron chi connectivity index (χ4n) is 4.06. The average Bonchev–Trinajstić information content (AvgIpc) is 3.18. The topological polar surface area (TPSA) is 99.2 Å². The van der Waals surface area contributed by atoms with Gasteiger partial charge < -0.3 is 14.6 Å². The molecule has 1 atom stereocenters. The van der Waals surface area contributed by atoms with Crippen LogP contribution in [0.4, 0.5) is 5.69 Å². The van der Waals surface area contributed by atoms with E-state index in [0.717, 1.165) is 32.6 Å². The van der Waals surface area contributed by atoms with Gasteiger partial charge in [-0.15, -0.1) is 0 Å². The van der Waals surface area contributed by atoms with Gasteiger partial charge in [-0.2, -0.15) is 5.10 Å². The summed E-state index contributed by atoms with van der Waals surface area (Å²) in [7, 11) is 1.58. The highest BCUT2D eigenvalue weighted by molar-refractivity contribution is 5.96. The lowest BCUT2D eigenvalue weighted by molar-refractivity contribution is -0.119. The van der Waals surface area contributed by atoms with E-state index in [1.165, 1.54) is 0 Å². The van der Waals surface area contributed by atoms with Crippen molar-refractivity contribution in [1.29, 1.82) is 0 Å². The molecular formula is C25H26N4O4. The summed E-state index contributed by atoms with van der Waals surface area (Å²) >= 11 is 0. The number of carbonyl (C=O) groups excluding carboxylic acids is 1. The number of aryl methyl sites for hydroxylation is 4. The molecule has 0 saturated carbocycles. The standard InChI is InChI=1S/C25H26N4O4/c1-13-10-14(2)21(15(3)11-13)26-24(30)16(4)29-25(31)23-20(17(5)33-28-23)22(27-29)18-8-7-9-19(12-18)32-6/h7-12,16H,1-6H3,(H,26,30)/t16-/m1/s1. The summed E-state index contributed by atoms with van der Waals surface area (Å²) in [6.45, 7) is 9.25. The molecule has 1 N–H and O–H groups in total. The number of fused-ring (bicyclic) bond motifs is 1. The number of nitrogens with zero attached hydrogens (tertiary/aromatic N) is 3. The fourth-order valence-corrected chi connectivity index (χ4v) is 4.06. The molecule has 8 nitrogen and oxygen atoms in total. The number of ether oxygens (including phenoxy) is 1. The van der Waals surface area contributed by atoms with Crippen LogP contribution in [0.25, 0.3) is 22.2 Å². The molecule has 4 rings (SSSR count). The third-order valence-electron chi connectivity index (χ3n) is 5.73. The van der Waals surface area contributed by atoms with Crippen molar-refractivity contribution in [2.24, 2.45) is 0 Å². The van der Waals surface area contributed by atoms with E-state index in [-0.39, 0.29) is 11.4 Å². The highest BCUT2D eigenvalue weighted by Gasteiger charge is 2.25. The number of anilines is 1. The molecule has 1 amide bonds. The fraction of sp³-hybridized carbons (Fsp3) is 0.280.